The molecule has 1 fully saturated rings. The van der Waals surface area contributed by atoms with E-state index in [9.17, 15) is 0 Å². The summed E-state index contributed by atoms with van der Waals surface area (Å²) in [5, 5.41) is 0. The predicted octanol–water partition coefficient (Wildman–Crippen LogP) is 2.38. The van der Waals surface area contributed by atoms with E-state index < -0.39 is 0 Å². The molecule has 0 aliphatic heterocycles. The van der Waals surface area contributed by atoms with E-state index in [2.05, 4.69) is 29.3 Å². The molecule has 4 heteroatoms. The third-order valence-corrected chi connectivity index (χ3v) is 3.93. The number of nitrogens with zero attached hydrogens (tertiary/aromatic N) is 2. The third-order valence-electron chi connectivity index (χ3n) is 3.93. The Labute approximate surface area is 110 Å². The lowest BCUT2D eigenvalue weighted by Gasteiger charge is -2.34. The molecule has 0 aromatic carbocycles. The van der Waals surface area contributed by atoms with Gasteiger partial charge < -0.3 is 5.43 Å². The Morgan fingerprint density at radius 2 is 2.33 bits per heavy atom. The average Bonchev–Trinajstić information content (AvgIpc) is 2.39. The summed E-state index contributed by atoms with van der Waals surface area (Å²) in [6.45, 7) is 3.25. The minimum absolute atomic E-state index is 0.699. The van der Waals surface area contributed by atoms with Crippen molar-refractivity contribution in [2.24, 2.45) is 11.8 Å². The van der Waals surface area contributed by atoms with E-state index in [1.54, 1.807) is 0 Å². The first-order valence-electron chi connectivity index (χ1n) is 6.81. The van der Waals surface area contributed by atoms with Gasteiger partial charge in [0, 0.05) is 18.8 Å². The summed E-state index contributed by atoms with van der Waals surface area (Å²) in [6, 6.07) is 4.60. The van der Waals surface area contributed by atoms with Crippen molar-refractivity contribution in [1.29, 1.82) is 0 Å². The third kappa shape index (κ3) is 3.43. The van der Waals surface area contributed by atoms with Crippen molar-refractivity contribution in [2.75, 3.05) is 12.5 Å². The SMILES string of the molecule is CC1CCCC(N(C)Cc2cc(NN)ccn2)C1. The van der Waals surface area contributed by atoms with E-state index in [0.29, 0.717) is 6.04 Å². The molecule has 1 aromatic rings. The Morgan fingerprint density at radius 3 is 3.06 bits per heavy atom. The molecule has 2 unspecified atom stereocenters. The first-order valence-corrected chi connectivity index (χ1v) is 6.81. The molecule has 1 saturated carbocycles. The van der Waals surface area contributed by atoms with Gasteiger partial charge in [0.1, 0.15) is 0 Å². The van der Waals surface area contributed by atoms with E-state index in [-0.39, 0.29) is 0 Å². The van der Waals surface area contributed by atoms with E-state index in [0.717, 1.165) is 23.8 Å². The van der Waals surface area contributed by atoms with Gasteiger partial charge in [0.25, 0.3) is 0 Å². The van der Waals surface area contributed by atoms with Gasteiger partial charge >= 0.3 is 0 Å². The summed E-state index contributed by atoms with van der Waals surface area (Å²) in [4.78, 5) is 6.83. The number of anilines is 1. The monoisotopic (exact) mass is 248 g/mol. The van der Waals surface area contributed by atoms with E-state index in [1.165, 1.54) is 25.7 Å². The van der Waals surface area contributed by atoms with E-state index >= 15 is 0 Å². The number of hydrogen-bond donors (Lipinski definition) is 2. The van der Waals surface area contributed by atoms with Gasteiger partial charge in [-0.05, 0) is 37.9 Å². The summed E-state index contributed by atoms with van der Waals surface area (Å²) in [6.07, 6.45) is 7.17. The minimum Gasteiger partial charge on any atom is -0.324 e. The maximum atomic E-state index is 5.42. The second-order valence-electron chi connectivity index (χ2n) is 5.52. The molecule has 1 heterocycles. The van der Waals surface area contributed by atoms with Gasteiger partial charge in [-0.15, -0.1) is 0 Å². The fraction of sp³-hybridized carbons (Fsp3) is 0.643. The standard InChI is InChI=1S/C14H24N4/c1-11-4-3-5-14(8-11)18(2)10-13-9-12(17-15)6-7-16-13/h6-7,9,11,14H,3-5,8,10,15H2,1-2H3,(H,16,17). The van der Waals surface area contributed by atoms with Gasteiger partial charge in [-0.1, -0.05) is 19.8 Å². The van der Waals surface area contributed by atoms with Crippen LogP contribution < -0.4 is 11.3 Å². The van der Waals surface area contributed by atoms with Crippen LogP contribution in [0.2, 0.25) is 0 Å². The molecule has 1 aliphatic carbocycles. The Balaban J connectivity index is 1.95. The summed E-state index contributed by atoms with van der Waals surface area (Å²) in [7, 11) is 2.20. The number of hydrogen-bond acceptors (Lipinski definition) is 4. The maximum absolute atomic E-state index is 5.42. The normalized spacial score (nSPS) is 24.2. The van der Waals surface area contributed by atoms with Crippen LogP contribution >= 0.6 is 0 Å². The fourth-order valence-corrected chi connectivity index (χ4v) is 2.84. The van der Waals surface area contributed by atoms with Crippen LogP contribution in [0.1, 0.15) is 38.3 Å². The molecule has 0 spiro atoms. The lowest BCUT2D eigenvalue weighted by atomic mass is 9.86. The van der Waals surface area contributed by atoms with Crippen LogP contribution in [0, 0.1) is 5.92 Å². The van der Waals surface area contributed by atoms with Crippen LogP contribution in [0.4, 0.5) is 5.69 Å². The molecule has 0 saturated heterocycles. The lowest BCUT2D eigenvalue weighted by molar-refractivity contribution is 0.156. The highest BCUT2D eigenvalue weighted by Crippen LogP contribution is 2.27. The second-order valence-corrected chi connectivity index (χ2v) is 5.52. The molecule has 1 aliphatic rings. The fourth-order valence-electron chi connectivity index (χ4n) is 2.84. The van der Waals surface area contributed by atoms with Crippen molar-refractivity contribution in [1.82, 2.24) is 9.88 Å². The number of pyridine rings is 1. The van der Waals surface area contributed by atoms with Crippen molar-refractivity contribution >= 4 is 5.69 Å². The Bertz CT molecular complexity index is 380. The van der Waals surface area contributed by atoms with Crippen molar-refractivity contribution in [2.45, 2.75) is 45.2 Å². The summed E-state index contributed by atoms with van der Waals surface area (Å²) < 4.78 is 0. The van der Waals surface area contributed by atoms with Crippen LogP contribution in [-0.2, 0) is 6.54 Å². The molecule has 0 amide bonds. The molecule has 100 valence electrons. The van der Waals surface area contributed by atoms with Gasteiger partial charge in [-0.2, -0.15) is 0 Å². The highest BCUT2D eigenvalue weighted by atomic mass is 15.2. The Hall–Kier alpha value is -1.13. The van der Waals surface area contributed by atoms with Crippen molar-refractivity contribution in [3.05, 3.63) is 24.0 Å². The zero-order valence-corrected chi connectivity index (χ0v) is 11.4. The molecular weight excluding hydrogens is 224 g/mol. The predicted molar refractivity (Wildman–Crippen MR) is 74.9 cm³/mol. The van der Waals surface area contributed by atoms with E-state index in [4.69, 9.17) is 5.84 Å². The quantitative estimate of drug-likeness (QED) is 0.634. The number of aromatic nitrogens is 1. The number of nitrogens with one attached hydrogen (secondary N) is 1. The lowest BCUT2D eigenvalue weighted by Crippen LogP contribution is -2.35. The zero-order chi connectivity index (χ0) is 13.0. The van der Waals surface area contributed by atoms with Crippen molar-refractivity contribution in [3.63, 3.8) is 0 Å². The van der Waals surface area contributed by atoms with Crippen LogP contribution in [0.25, 0.3) is 0 Å². The molecule has 4 nitrogen and oxygen atoms in total. The van der Waals surface area contributed by atoms with Gasteiger partial charge in [-0.25, -0.2) is 0 Å². The molecule has 2 atom stereocenters. The summed E-state index contributed by atoms with van der Waals surface area (Å²) in [5.41, 5.74) is 4.67. The topological polar surface area (TPSA) is 54.2 Å². The van der Waals surface area contributed by atoms with E-state index in [1.807, 2.05) is 18.3 Å². The summed E-state index contributed by atoms with van der Waals surface area (Å²) >= 11 is 0. The highest BCUT2D eigenvalue weighted by Gasteiger charge is 2.22. The number of nitrogens with two attached hydrogens (primary N) is 1. The molecular formula is C14H24N4. The van der Waals surface area contributed by atoms with Gasteiger partial charge in [0.05, 0.1) is 11.4 Å². The molecule has 18 heavy (non-hydrogen) atoms. The highest BCUT2D eigenvalue weighted by molar-refractivity contribution is 5.41. The Kier molecular flexibility index (Phi) is 4.55. The van der Waals surface area contributed by atoms with Crippen LogP contribution in [0.3, 0.4) is 0 Å². The van der Waals surface area contributed by atoms with Crippen LogP contribution in [0.15, 0.2) is 18.3 Å². The number of rotatable bonds is 4. The van der Waals surface area contributed by atoms with Gasteiger partial charge in [-0.3, -0.25) is 15.7 Å². The number of nitrogen functional groups attached to an aromatic ring is 1. The molecule has 0 bridgehead atoms. The maximum Gasteiger partial charge on any atom is 0.0564 e. The molecule has 0 radical (unpaired) electrons. The van der Waals surface area contributed by atoms with Crippen molar-refractivity contribution in [3.8, 4) is 0 Å². The van der Waals surface area contributed by atoms with Gasteiger partial charge in [0.15, 0.2) is 0 Å². The molecule has 3 N–H and O–H groups in total. The summed E-state index contributed by atoms with van der Waals surface area (Å²) in [5.74, 6) is 6.28. The van der Waals surface area contributed by atoms with Gasteiger partial charge in [0.2, 0.25) is 0 Å². The van der Waals surface area contributed by atoms with Crippen molar-refractivity contribution < 1.29 is 0 Å². The Morgan fingerprint density at radius 1 is 1.50 bits per heavy atom. The number of hydrazine groups is 1. The zero-order valence-electron chi connectivity index (χ0n) is 11.4. The van der Waals surface area contributed by atoms with Crippen LogP contribution in [0.5, 0.6) is 0 Å². The second kappa shape index (κ2) is 6.16. The minimum atomic E-state index is 0.699. The van der Waals surface area contributed by atoms with Crippen LogP contribution in [-0.4, -0.2) is 23.0 Å². The molecule has 1 aromatic heterocycles. The largest absolute Gasteiger partial charge is 0.324 e. The smallest absolute Gasteiger partial charge is 0.0564 e. The first kappa shape index (κ1) is 13.3. The average molecular weight is 248 g/mol. The molecule has 2 rings (SSSR count). The first-order chi connectivity index (χ1) is 8.69.